The van der Waals surface area contributed by atoms with Crippen molar-refractivity contribution >= 4 is 46.6 Å². The summed E-state index contributed by atoms with van der Waals surface area (Å²) < 4.78 is 47.8. The summed E-state index contributed by atoms with van der Waals surface area (Å²) in [6.45, 7) is 1.78. The number of alkyl halides is 3. The number of ether oxygens (including phenoxy) is 1. The van der Waals surface area contributed by atoms with Crippen LogP contribution in [0.5, 0.6) is 5.75 Å². The van der Waals surface area contributed by atoms with Gasteiger partial charge in [-0.25, -0.2) is 0 Å². The van der Waals surface area contributed by atoms with Crippen LogP contribution in [-0.2, 0) is 11.0 Å². The highest BCUT2D eigenvalue weighted by Crippen LogP contribution is 2.37. The molecule has 1 unspecified atom stereocenters. The summed E-state index contributed by atoms with van der Waals surface area (Å²) in [4.78, 5) is 12.6. The molecule has 4 rings (SSSR count). The van der Waals surface area contributed by atoms with Gasteiger partial charge < -0.3 is 10.1 Å². The summed E-state index contributed by atoms with van der Waals surface area (Å²) in [6, 6.07) is 19.4. The highest BCUT2D eigenvalue weighted by molar-refractivity contribution is 7.99. The molecule has 0 aliphatic heterocycles. The molecule has 0 fully saturated rings. The predicted molar refractivity (Wildman–Crippen MR) is 138 cm³/mol. The van der Waals surface area contributed by atoms with Crippen molar-refractivity contribution in [3.05, 3.63) is 94.2 Å². The second-order valence-electron chi connectivity index (χ2n) is 7.73. The van der Waals surface area contributed by atoms with Crippen molar-refractivity contribution in [3.8, 4) is 11.4 Å². The number of hydrogen-bond acceptors (Lipinski definition) is 5. The zero-order chi connectivity index (χ0) is 26.6. The van der Waals surface area contributed by atoms with E-state index in [1.165, 1.54) is 6.07 Å². The molecule has 0 bridgehead atoms. The van der Waals surface area contributed by atoms with E-state index in [1.54, 1.807) is 35.8 Å². The summed E-state index contributed by atoms with van der Waals surface area (Å²) >= 11 is 13.0. The van der Waals surface area contributed by atoms with Crippen molar-refractivity contribution in [2.45, 2.75) is 24.4 Å². The molecular weight excluding hydrogens is 548 g/mol. The first-order valence-corrected chi connectivity index (χ1v) is 12.6. The molecule has 0 aliphatic rings. The number of nitrogens with zero attached hydrogens (tertiary/aromatic N) is 3. The number of nitrogens with one attached hydrogen (secondary N) is 1. The molecule has 1 aromatic heterocycles. The molecule has 1 N–H and O–H groups in total. The molecule has 192 valence electrons. The number of halogens is 5. The fourth-order valence-corrected chi connectivity index (χ4v) is 4.53. The maximum absolute atomic E-state index is 13.4. The molecule has 1 atom stereocenters. The van der Waals surface area contributed by atoms with E-state index >= 15 is 0 Å². The van der Waals surface area contributed by atoms with Crippen LogP contribution in [0.3, 0.4) is 0 Å². The van der Waals surface area contributed by atoms with Crippen molar-refractivity contribution in [1.82, 2.24) is 14.8 Å². The quantitative estimate of drug-likeness (QED) is 0.224. The van der Waals surface area contributed by atoms with Gasteiger partial charge in [0, 0.05) is 10.7 Å². The van der Waals surface area contributed by atoms with Crippen LogP contribution in [0.25, 0.3) is 5.69 Å². The summed E-state index contributed by atoms with van der Waals surface area (Å²) in [6.07, 6.45) is -5.25. The molecule has 1 heterocycles. The van der Waals surface area contributed by atoms with Crippen molar-refractivity contribution in [3.63, 3.8) is 0 Å². The van der Waals surface area contributed by atoms with Crippen molar-refractivity contribution in [2.24, 2.45) is 0 Å². The lowest BCUT2D eigenvalue weighted by atomic mass is 10.1. The third-order valence-electron chi connectivity index (χ3n) is 5.07. The van der Waals surface area contributed by atoms with E-state index < -0.39 is 23.8 Å². The lowest BCUT2D eigenvalue weighted by Gasteiger charge is -2.17. The molecule has 12 heteroatoms. The molecular formula is C25H19Cl2F3N4O2S. The maximum Gasteiger partial charge on any atom is 0.418 e. The van der Waals surface area contributed by atoms with Gasteiger partial charge in [-0.15, -0.1) is 10.2 Å². The minimum atomic E-state index is -4.68. The van der Waals surface area contributed by atoms with Gasteiger partial charge in [-0.2, -0.15) is 13.2 Å². The van der Waals surface area contributed by atoms with Gasteiger partial charge in [-0.05, 0) is 49.4 Å². The number of para-hydroxylation sites is 2. The average Bonchev–Trinajstić information content (AvgIpc) is 3.29. The Bertz CT molecular complexity index is 1400. The van der Waals surface area contributed by atoms with Gasteiger partial charge >= 0.3 is 6.18 Å². The second-order valence-corrected chi connectivity index (χ2v) is 9.51. The molecule has 0 radical (unpaired) electrons. The smallest absolute Gasteiger partial charge is 0.418 e. The molecule has 0 aliphatic carbocycles. The van der Waals surface area contributed by atoms with Gasteiger partial charge in [0.2, 0.25) is 5.91 Å². The first-order valence-electron chi connectivity index (χ1n) is 10.8. The molecule has 0 saturated heterocycles. The van der Waals surface area contributed by atoms with Crippen LogP contribution < -0.4 is 10.1 Å². The Labute approximate surface area is 224 Å². The number of amides is 1. The SMILES string of the molecule is CC(Oc1ccccc1Cl)c1nnc(SCC(=O)Nc2ccc(Cl)cc2C(F)(F)F)n1-c1ccccc1. The van der Waals surface area contributed by atoms with Gasteiger partial charge in [-0.1, -0.05) is 65.3 Å². The molecule has 37 heavy (non-hydrogen) atoms. The minimum Gasteiger partial charge on any atom is -0.481 e. The number of carbonyl (C=O) groups excluding carboxylic acids is 1. The van der Waals surface area contributed by atoms with Crippen LogP contribution in [0.1, 0.15) is 24.4 Å². The predicted octanol–water partition coefficient (Wildman–Crippen LogP) is 7.46. The largest absolute Gasteiger partial charge is 0.481 e. The lowest BCUT2D eigenvalue weighted by molar-refractivity contribution is -0.137. The van der Waals surface area contributed by atoms with Crippen molar-refractivity contribution in [2.75, 3.05) is 11.1 Å². The fraction of sp³-hybridized carbons (Fsp3) is 0.160. The van der Waals surface area contributed by atoms with Crippen LogP contribution in [0.4, 0.5) is 18.9 Å². The second kappa shape index (κ2) is 11.5. The molecule has 4 aromatic rings. The third-order valence-corrected chi connectivity index (χ3v) is 6.55. The Morgan fingerprint density at radius 2 is 1.76 bits per heavy atom. The van der Waals surface area contributed by atoms with Gasteiger partial charge in [0.15, 0.2) is 17.1 Å². The van der Waals surface area contributed by atoms with Crippen LogP contribution >= 0.6 is 35.0 Å². The van der Waals surface area contributed by atoms with Gasteiger partial charge in [0.25, 0.3) is 0 Å². The topological polar surface area (TPSA) is 69.0 Å². The van der Waals surface area contributed by atoms with Crippen molar-refractivity contribution < 1.29 is 22.7 Å². The van der Waals surface area contributed by atoms with Crippen molar-refractivity contribution in [1.29, 1.82) is 0 Å². The fourth-order valence-electron chi connectivity index (χ4n) is 3.42. The Balaban J connectivity index is 1.56. The van der Waals surface area contributed by atoms with E-state index in [9.17, 15) is 18.0 Å². The molecule has 6 nitrogen and oxygen atoms in total. The highest BCUT2D eigenvalue weighted by Gasteiger charge is 2.34. The molecule has 0 saturated carbocycles. The van der Waals surface area contributed by atoms with Gasteiger partial charge in [0.05, 0.1) is 22.0 Å². The van der Waals surface area contributed by atoms with Gasteiger partial charge in [-0.3, -0.25) is 9.36 Å². The monoisotopic (exact) mass is 566 g/mol. The van der Waals surface area contributed by atoms with E-state index in [1.807, 2.05) is 30.3 Å². The molecule has 3 aromatic carbocycles. The molecule has 0 spiro atoms. The Morgan fingerprint density at radius 3 is 2.46 bits per heavy atom. The first kappa shape index (κ1) is 26.8. The standard InChI is InChI=1S/C25H19Cl2F3N4O2S/c1-15(36-21-10-6-5-9-19(21)27)23-32-33-24(34(23)17-7-3-2-4-8-17)37-14-22(35)31-20-12-11-16(26)13-18(20)25(28,29)30/h2-13,15H,14H2,1H3,(H,31,35). The van der Waals surface area contributed by atoms with E-state index in [2.05, 4.69) is 15.5 Å². The van der Waals surface area contributed by atoms with E-state index in [0.29, 0.717) is 21.8 Å². The normalized spacial score (nSPS) is 12.3. The number of rotatable bonds is 8. The van der Waals surface area contributed by atoms with Crippen LogP contribution in [0.15, 0.2) is 78.0 Å². The van der Waals surface area contributed by atoms with E-state index in [4.69, 9.17) is 27.9 Å². The zero-order valence-corrected chi connectivity index (χ0v) is 21.5. The number of aromatic nitrogens is 3. The number of carbonyl (C=O) groups is 1. The Morgan fingerprint density at radius 1 is 1.05 bits per heavy atom. The molecule has 1 amide bonds. The van der Waals surface area contributed by atoms with Gasteiger partial charge in [0.1, 0.15) is 5.75 Å². The number of hydrogen-bond donors (Lipinski definition) is 1. The average molecular weight is 567 g/mol. The Kier molecular flexibility index (Phi) is 8.31. The highest BCUT2D eigenvalue weighted by atomic mass is 35.5. The van der Waals surface area contributed by atoms with E-state index in [-0.39, 0.29) is 16.5 Å². The number of benzene rings is 3. The first-order chi connectivity index (χ1) is 17.6. The number of anilines is 1. The lowest BCUT2D eigenvalue weighted by Crippen LogP contribution is -2.18. The summed E-state index contributed by atoms with van der Waals surface area (Å²) in [5.74, 6) is 0.0507. The van der Waals surface area contributed by atoms with Crippen LogP contribution in [0, 0.1) is 0 Å². The summed E-state index contributed by atoms with van der Waals surface area (Å²) in [5, 5.41) is 11.5. The van der Waals surface area contributed by atoms with Crippen LogP contribution in [0.2, 0.25) is 10.0 Å². The van der Waals surface area contributed by atoms with E-state index in [0.717, 1.165) is 29.6 Å². The summed E-state index contributed by atoms with van der Waals surface area (Å²) in [5.41, 5.74) is -0.690. The number of thioether (sulfide) groups is 1. The maximum atomic E-state index is 13.4. The summed E-state index contributed by atoms with van der Waals surface area (Å²) in [7, 11) is 0. The Hall–Kier alpha value is -3.21. The third kappa shape index (κ3) is 6.57. The zero-order valence-electron chi connectivity index (χ0n) is 19.2. The van der Waals surface area contributed by atoms with Crippen LogP contribution in [-0.4, -0.2) is 26.4 Å². The minimum absolute atomic E-state index is 0.0867.